The minimum atomic E-state index is -3.06. The van der Waals surface area contributed by atoms with E-state index in [1.165, 1.54) is 6.07 Å². The van der Waals surface area contributed by atoms with Crippen molar-refractivity contribution in [2.75, 3.05) is 18.5 Å². The molecule has 2 aromatic rings. The first-order valence-electron chi connectivity index (χ1n) is 10.3. The second kappa shape index (κ2) is 9.98. The highest BCUT2D eigenvalue weighted by Crippen LogP contribution is 2.34. The molecule has 1 aromatic heterocycles. The van der Waals surface area contributed by atoms with Crippen LogP contribution in [-0.2, 0) is 20.7 Å². The zero-order chi connectivity index (χ0) is 23.5. The smallest absolute Gasteiger partial charge is 0.266 e. The molecule has 2 heterocycles. The van der Waals surface area contributed by atoms with E-state index >= 15 is 0 Å². The number of aliphatic hydroxyl groups excluding tert-OH is 1. The Labute approximate surface area is 186 Å². The van der Waals surface area contributed by atoms with Crippen molar-refractivity contribution in [3.8, 4) is 0 Å². The molecule has 1 saturated carbocycles. The first-order valence-corrected chi connectivity index (χ1v) is 10.3. The number of nitrogens with one attached hydrogen (secondary N) is 2. The summed E-state index contributed by atoms with van der Waals surface area (Å²) in [6.07, 6.45) is -5.25. The van der Waals surface area contributed by atoms with Crippen molar-refractivity contribution in [3.05, 3.63) is 52.7 Å². The van der Waals surface area contributed by atoms with Crippen LogP contribution in [0.15, 0.2) is 24.5 Å². The zero-order valence-electron chi connectivity index (χ0n) is 17.3. The van der Waals surface area contributed by atoms with Crippen molar-refractivity contribution in [2.24, 2.45) is 0 Å². The van der Waals surface area contributed by atoms with Crippen LogP contribution in [0, 0.1) is 5.82 Å². The molecule has 1 atom stereocenters. The highest BCUT2D eigenvalue weighted by molar-refractivity contribution is 5.79. The summed E-state index contributed by atoms with van der Waals surface area (Å²) in [4.78, 5) is 20.6. The van der Waals surface area contributed by atoms with Crippen LogP contribution in [0.4, 0.5) is 23.4 Å². The van der Waals surface area contributed by atoms with E-state index in [9.17, 15) is 27.5 Å². The Morgan fingerprint density at radius 3 is 2.55 bits per heavy atom. The van der Waals surface area contributed by atoms with E-state index in [-0.39, 0.29) is 55.6 Å². The van der Waals surface area contributed by atoms with E-state index in [0.29, 0.717) is 0 Å². The van der Waals surface area contributed by atoms with E-state index in [0.717, 1.165) is 18.5 Å². The molecule has 12 heteroatoms. The number of carbonyl (C=O) groups excluding carboxylic acids is 1. The molecule has 33 heavy (non-hydrogen) atoms. The van der Waals surface area contributed by atoms with Crippen LogP contribution < -0.4 is 10.6 Å². The lowest BCUT2D eigenvalue weighted by atomic mass is 9.90. The molecular formula is C21H22F4N4O4. The molecule has 3 N–H and O–H groups in total. The molecule has 1 aromatic carbocycles. The van der Waals surface area contributed by atoms with Gasteiger partial charge in [-0.25, -0.2) is 27.5 Å². The molecule has 1 aliphatic heterocycles. The first-order chi connectivity index (χ1) is 15.8. The van der Waals surface area contributed by atoms with Crippen molar-refractivity contribution in [1.82, 2.24) is 15.3 Å². The summed E-state index contributed by atoms with van der Waals surface area (Å²) >= 11 is 0. The number of carbonyl (C=O) groups is 1. The lowest BCUT2D eigenvalue weighted by Gasteiger charge is -2.30. The van der Waals surface area contributed by atoms with Gasteiger partial charge in [-0.2, -0.15) is 0 Å². The van der Waals surface area contributed by atoms with Crippen LogP contribution in [0.5, 0.6) is 0 Å². The normalized spacial score (nSPS) is 21.6. The van der Waals surface area contributed by atoms with Gasteiger partial charge in [0.25, 0.3) is 6.43 Å². The number of alkyl halides is 3. The molecule has 178 valence electrons. The number of anilines is 1. The predicted octanol–water partition coefficient (Wildman–Crippen LogP) is 2.86. The summed E-state index contributed by atoms with van der Waals surface area (Å²) in [7, 11) is 0. The quantitative estimate of drug-likeness (QED) is 0.403. The third-order valence-electron chi connectivity index (χ3n) is 5.46. The lowest BCUT2D eigenvalue weighted by molar-refractivity contribution is -0.122. The van der Waals surface area contributed by atoms with Gasteiger partial charge in [-0.3, -0.25) is 4.79 Å². The van der Waals surface area contributed by atoms with Gasteiger partial charge in [-0.15, -0.1) is 0 Å². The first kappa shape index (κ1) is 23.3. The summed E-state index contributed by atoms with van der Waals surface area (Å²) in [5, 5.41) is 15.8. The SMILES string of the molecule is O=C(Cc1ncnc(NC(O)c2cccc(C(F)F)c2F)c1C1OCCO1)NC1CC(F)C1. The largest absolute Gasteiger partial charge is 0.369 e. The Morgan fingerprint density at radius 1 is 1.18 bits per heavy atom. The summed E-state index contributed by atoms with van der Waals surface area (Å²) in [5.41, 5.74) is -0.813. The van der Waals surface area contributed by atoms with E-state index in [2.05, 4.69) is 20.6 Å². The fourth-order valence-electron chi connectivity index (χ4n) is 3.71. The maximum Gasteiger partial charge on any atom is 0.266 e. The van der Waals surface area contributed by atoms with Gasteiger partial charge in [-0.05, 0) is 12.8 Å². The molecule has 0 bridgehead atoms. The van der Waals surface area contributed by atoms with Crippen LogP contribution in [-0.4, -0.2) is 46.4 Å². The summed E-state index contributed by atoms with van der Waals surface area (Å²) in [6, 6.07) is 3.04. The Kier molecular flexibility index (Phi) is 7.05. The molecule has 8 nitrogen and oxygen atoms in total. The van der Waals surface area contributed by atoms with Crippen LogP contribution in [0.25, 0.3) is 0 Å². The van der Waals surface area contributed by atoms with Gasteiger partial charge >= 0.3 is 0 Å². The van der Waals surface area contributed by atoms with Crippen LogP contribution in [0.2, 0.25) is 0 Å². The fourth-order valence-corrected chi connectivity index (χ4v) is 3.71. The van der Waals surface area contributed by atoms with Crippen LogP contribution in [0.1, 0.15) is 54.2 Å². The molecule has 2 aliphatic rings. The molecule has 4 rings (SSSR count). The summed E-state index contributed by atoms with van der Waals surface area (Å²) in [6.45, 7) is 0.524. The van der Waals surface area contributed by atoms with Crippen LogP contribution in [0.3, 0.4) is 0 Å². The average molecular weight is 470 g/mol. The lowest BCUT2D eigenvalue weighted by Crippen LogP contribution is -2.45. The number of hydrogen-bond donors (Lipinski definition) is 3. The van der Waals surface area contributed by atoms with Gasteiger partial charge in [0.15, 0.2) is 12.5 Å². The Morgan fingerprint density at radius 2 is 1.88 bits per heavy atom. The van der Waals surface area contributed by atoms with Gasteiger partial charge in [-0.1, -0.05) is 18.2 Å². The van der Waals surface area contributed by atoms with Gasteiger partial charge in [0, 0.05) is 11.6 Å². The second-order valence-corrected chi connectivity index (χ2v) is 7.76. The van der Waals surface area contributed by atoms with Gasteiger partial charge in [0.2, 0.25) is 5.91 Å². The number of aromatic nitrogens is 2. The van der Waals surface area contributed by atoms with Crippen molar-refractivity contribution in [3.63, 3.8) is 0 Å². The minimum absolute atomic E-state index is 0.0125. The third-order valence-corrected chi connectivity index (χ3v) is 5.46. The Hall–Kier alpha value is -2.83. The van der Waals surface area contributed by atoms with E-state index < -0.39 is 48.0 Å². The highest BCUT2D eigenvalue weighted by atomic mass is 19.3. The number of ether oxygens (including phenoxy) is 2. The molecular weight excluding hydrogens is 448 g/mol. The number of benzene rings is 1. The fraction of sp³-hybridized carbons (Fsp3) is 0.476. The highest BCUT2D eigenvalue weighted by Gasteiger charge is 2.32. The number of halogens is 4. The Balaban J connectivity index is 1.58. The molecule has 1 unspecified atom stereocenters. The van der Waals surface area contributed by atoms with E-state index in [1.807, 2.05) is 0 Å². The van der Waals surface area contributed by atoms with E-state index in [4.69, 9.17) is 9.47 Å². The number of amides is 1. The summed E-state index contributed by atoms with van der Waals surface area (Å²) in [5.74, 6) is -1.66. The maximum absolute atomic E-state index is 14.5. The number of nitrogens with zero attached hydrogens (tertiary/aromatic N) is 2. The van der Waals surface area contributed by atoms with Crippen molar-refractivity contribution in [1.29, 1.82) is 0 Å². The molecule has 1 aliphatic carbocycles. The van der Waals surface area contributed by atoms with Crippen molar-refractivity contribution in [2.45, 2.75) is 50.4 Å². The summed E-state index contributed by atoms with van der Waals surface area (Å²) < 4.78 is 64.6. The third kappa shape index (κ3) is 5.23. The zero-order valence-corrected chi connectivity index (χ0v) is 17.3. The number of rotatable bonds is 8. The monoisotopic (exact) mass is 470 g/mol. The molecule has 0 radical (unpaired) electrons. The Bertz CT molecular complexity index is 1000. The molecule has 0 spiro atoms. The number of hydrogen-bond acceptors (Lipinski definition) is 7. The molecule has 1 saturated heterocycles. The number of aliphatic hydroxyl groups is 1. The van der Waals surface area contributed by atoms with Crippen molar-refractivity contribution < 1.29 is 36.9 Å². The average Bonchev–Trinajstić information content (AvgIpc) is 3.27. The van der Waals surface area contributed by atoms with Gasteiger partial charge in [0.05, 0.1) is 36.5 Å². The topological polar surface area (TPSA) is 106 Å². The van der Waals surface area contributed by atoms with Crippen molar-refractivity contribution >= 4 is 11.7 Å². The maximum atomic E-state index is 14.5. The molecule has 1 amide bonds. The predicted molar refractivity (Wildman–Crippen MR) is 106 cm³/mol. The van der Waals surface area contributed by atoms with Crippen LogP contribution >= 0.6 is 0 Å². The standard InChI is InChI=1S/C21H22F4N4O4/c22-10-6-11(7-10)28-15(30)8-14-16(21-32-4-5-33-21)19(27-9-26-14)29-20(31)13-3-1-2-12(17(13)23)18(24)25/h1-3,9-11,18,20-21,31H,4-8H2,(H,28,30)(H,26,27,29). The second-order valence-electron chi connectivity index (χ2n) is 7.76. The minimum Gasteiger partial charge on any atom is -0.369 e. The van der Waals surface area contributed by atoms with E-state index in [1.54, 1.807) is 0 Å². The van der Waals surface area contributed by atoms with Gasteiger partial charge in [0.1, 0.15) is 24.1 Å². The molecule has 2 fully saturated rings. The van der Waals surface area contributed by atoms with Gasteiger partial charge < -0.3 is 25.2 Å².